The maximum absolute atomic E-state index is 6.08. The summed E-state index contributed by atoms with van der Waals surface area (Å²) >= 11 is 0. The molecule has 1 aliphatic heterocycles. The number of aliphatic imine (C=N–C) groups is 1. The summed E-state index contributed by atoms with van der Waals surface area (Å²) in [6, 6.07) is 12.5. The Hall–Kier alpha value is -2.93. The fraction of sp³-hybridized carbons (Fsp3) is 0.435. The summed E-state index contributed by atoms with van der Waals surface area (Å²) in [6.07, 6.45) is 3.90. The zero-order chi connectivity index (χ0) is 20.9. The first-order valence-electron chi connectivity index (χ1n) is 10.6. The number of aryl methyl sites for hydroxylation is 3. The monoisotopic (exact) mass is 406 g/mol. The molecular weight excluding hydrogens is 376 g/mol. The van der Waals surface area contributed by atoms with E-state index in [0.29, 0.717) is 6.61 Å². The topological polar surface area (TPSA) is 67.0 Å². The van der Waals surface area contributed by atoms with E-state index in [2.05, 4.69) is 57.5 Å². The lowest BCUT2D eigenvalue weighted by Crippen LogP contribution is -2.48. The maximum atomic E-state index is 6.08. The summed E-state index contributed by atoms with van der Waals surface area (Å²) in [6.45, 7) is 7.46. The smallest absolute Gasteiger partial charge is 0.193 e. The molecular formula is C23H30N6O. The van der Waals surface area contributed by atoms with Crippen LogP contribution in [0.15, 0.2) is 47.6 Å². The molecule has 3 aromatic rings. The number of pyridine rings is 1. The molecule has 4 rings (SSSR count). The second-order valence-corrected chi connectivity index (χ2v) is 7.79. The van der Waals surface area contributed by atoms with E-state index in [4.69, 9.17) is 4.74 Å². The molecule has 1 aliphatic rings. The van der Waals surface area contributed by atoms with Crippen molar-refractivity contribution in [2.75, 3.05) is 33.3 Å². The molecule has 1 fully saturated rings. The van der Waals surface area contributed by atoms with Crippen molar-refractivity contribution in [1.82, 2.24) is 24.8 Å². The largest absolute Gasteiger partial charge is 0.370 e. The number of hydrogen-bond acceptors (Lipinski definition) is 4. The van der Waals surface area contributed by atoms with Gasteiger partial charge in [-0.15, -0.1) is 10.2 Å². The lowest BCUT2D eigenvalue weighted by molar-refractivity contribution is -0.00831. The van der Waals surface area contributed by atoms with Crippen LogP contribution < -0.4 is 5.32 Å². The van der Waals surface area contributed by atoms with Crippen molar-refractivity contribution in [1.29, 1.82) is 0 Å². The number of morpholine rings is 1. The number of nitrogens with zero attached hydrogens (tertiary/aromatic N) is 5. The molecule has 1 N–H and O–H groups in total. The minimum absolute atomic E-state index is 0.0697. The highest BCUT2D eigenvalue weighted by molar-refractivity contribution is 5.80. The molecule has 0 amide bonds. The first-order chi connectivity index (χ1) is 14.7. The van der Waals surface area contributed by atoms with Crippen LogP contribution in [0.1, 0.15) is 35.0 Å². The Balaban J connectivity index is 1.32. The summed E-state index contributed by atoms with van der Waals surface area (Å²) in [5, 5.41) is 12.0. The highest BCUT2D eigenvalue weighted by Crippen LogP contribution is 2.25. The number of guanidine groups is 1. The lowest BCUT2D eigenvalue weighted by atomic mass is 10.00. The molecule has 7 nitrogen and oxygen atoms in total. The number of benzene rings is 1. The van der Waals surface area contributed by atoms with Crippen LogP contribution in [0.3, 0.4) is 0 Å². The van der Waals surface area contributed by atoms with Crippen LogP contribution in [-0.4, -0.2) is 58.7 Å². The van der Waals surface area contributed by atoms with Gasteiger partial charge in [0.1, 0.15) is 11.9 Å². The Kier molecular flexibility index (Phi) is 6.28. The number of rotatable bonds is 5. The van der Waals surface area contributed by atoms with Crippen LogP contribution in [0.25, 0.3) is 5.65 Å². The highest BCUT2D eigenvalue weighted by Gasteiger charge is 2.25. The first kappa shape index (κ1) is 20.3. The van der Waals surface area contributed by atoms with Gasteiger partial charge in [-0.1, -0.05) is 29.8 Å². The molecule has 1 saturated heterocycles. The normalized spacial score (nSPS) is 17.5. The van der Waals surface area contributed by atoms with Gasteiger partial charge in [0.05, 0.1) is 13.2 Å². The second-order valence-electron chi connectivity index (χ2n) is 7.79. The Labute approximate surface area is 177 Å². The van der Waals surface area contributed by atoms with E-state index in [1.807, 2.05) is 35.8 Å². The lowest BCUT2D eigenvalue weighted by Gasteiger charge is -2.35. The molecule has 0 bridgehead atoms. The van der Waals surface area contributed by atoms with Gasteiger partial charge in [0.2, 0.25) is 0 Å². The van der Waals surface area contributed by atoms with E-state index >= 15 is 0 Å². The zero-order valence-electron chi connectivity index (χ0n) is 18.0. The summed E-state index contributed by atoms with van der Waals surface area (Å²) in [5.41, 5.74) is 4.72. The summed E-state index contributed by atoms with van der Waals surface area (Å²) in [5.74, 6) is 1.92. The predicted octanol–water partition coefficient (Wildman–Crippen LogP) is 2.93. The summed E-state index contributed by atoms with van der Waals surface area (Å²) in [4.78, 5) is 6.80. The molecule has 0 saturated carbocycles. The van der Waals surface area contributed by atoms with Crippen molar-refractivity contribution in [3.63, 3.8) is 0 Å². The van der Waals surface area contributed by atoms with Gasteiger partial charge in [0.15, 0.2) is 11.6 Å². The number of aromatic nitrogens is 3. The Morgan fingerprint density at radius 3 is 2.97 bits per heavy atom. The van der Waals surface area contributed by atoms with Crippen molar-refractivity contribution in [2.45, 2.75) is 32.8 Å². The van der Waals surface area contributed by atoms with Gasteiger partial charge in [-0.2, -0.15) is 0 Å². The second kappa shape index (κ2) is 9.26. The first-order valence-corrected chi connectivity index (χ1v) is 10.6. The van der Waals surface area contributed by atoms with E-state index in [0.717, 1.165) is 49.9 Å². The van der Waals surface area contributed by atoms with Crippen LogP contribution in [0.5, 0.6) is 0 Å². The molecule has 3 heterocycles. The Morgan fingerprint density at radius 1 is 1.23 bits per heavy atom. The molecule has 0 spiro atoms. The number of fused-ring (bicyclic) bond motifs is 1. The third-order valence-corrected chi connectivity index (χ3v) is 5.59. The number of ether oxygens (including phenoxy) is 1. The van der Waals surface area contributed by atoms with Crippen molar-refractivity contribution in [2.24, 2.45) is 4.99 Å². The molecule has 7 heteroatoms. The Morgan fingerprint density at radius 2 is 2.13 bits per heavy atom. The predicted molar refractivity (Wildman–Crippen MR) is 119 cm³/mol. The van der Waals surface area contributed by atoms with Gasteiger partial charge in [-0.05, 0) is 43.5 Å². The molecule has 1 unspecified atom stereocenters. The molecule has 1 atom stereocenters. The van der Waals surface area contributed by atoms with E-state index in [-0.39, 0.29) is 6.10 Å². The van der Waals surface area contributed by atoms with E-state index in [9.17, 15) is 0 Å². The van der Waals surface area contributed by atoms with Crippen molar-refractivity contribution in [3.05, 3.63) is 65.1 Å². The summed E-state index contributed by atoms with van der Waals surface area (Å²) in [7, 11) is 1.84. The quantitative estimate of drug-likeness (QED) is 0.401. The molecule has 2 aromatic heterocycles. The van der Waals surface area contributed by atoms with Gasteiger partial charge >= 0.3 is 0 Å². The van der Waals surface area contributed by atoms with Gasteiger partial charge in [-0.3, -0.25) is 9.39 Å². The minimum atomic E-state index is 0.0697. The molecule has 0 aliphatic carbocycles. The van der Waals surface area contributed by atoms with Gasteiger partial charge in [0, 0.05) is 32.8 Å². The van der Waals surface area contributed by atoms with E-state index in [1.54, 1.807) is 0 Å². The zero-order valence-corrected chi connectivity index (χ0v) is 18.0. The van der Waals surface area contributed by atoms with Gasteiger partial charge in [0.25, 0.3) is 0 Å². The summed E-state index contributed by atoms with van der Waals surface area (Å²) < 4.78 is 8.13. The Bertz CT molecular complexity index is 1030. The van der Waals surface area contributed by atoms with Crippen LogP contribution in [0.2, 0.25) is 0 Å². The standard InChI is InChI=1S/C23H30N6O/c1-17-9-10-19(18(2)15-17)20-16-28(13-14-30-20)23(24-3)25-11-6-8-22-27-26-21-7-4-5-12-29(21)22/h4-5,7,9-10,12,15,20H,6,8,11,13-14,16H2,1-3H3,(H,24,25). The van der Waals surface area contributed by atoms with Gasteiger partial charge < -0.3 is 15.0 Å². The maximum Gasteiger partial charge on any atom is 0.193 e. The van der Waals surface area contributed by atoms with Gasteiger partial charge in [-0.25, -0.2) is 0 Å². The molecule has 1 aromatic carbocycles. The SMILES string of the molecule is CN=C(NCCCc1nnc2ccccn12)N1CCOC(c2ccc(C)cc2C)C1. The molecule has 158 valence electrons. The number of hydrogen-bond donors (Lipinski definition) is 1. The van der Waals surface area contributed by atoms with Crippen LogP contribution in [0.4, 0.5) is 0 Å². The number of nitrogens with one attached hydrogen (secondary N) is 1. The average Bonchev–Trinajstić information content (AvgIpc) is 3.17. The van der Waals surface area contributed by atoms with Crippen molar-refractivity contribution >= 4 is 11.6 Å². The third kappa shape index (κ3) is 4.46. The van der Waals surface area contributed by atoms with E-state index in [1.165, 1.54) is 16.7 Å². The fourth-order valence-corrected chi connectivity index (χ4v) is 4.06. The minimum Gasteiger partial charge on any atom is -0.370 e. The average molecular weight is 407 g/mol. The van der Waals surface area contributed by atoms with Crippen molar-refractivity contribution in [3.8, 4) is 0 Å². The van der Waals surface area contributed by atoms with Crippen LogP contribution in [-0.2, 0) is 11.2 Å². The highest BCUT2D eigenvalue weighted by atomic mass is 16.5. The van der Waals surface area contributed by atoms with E-state index < -0.39 is 0 Å². The molecule has 30 heavy (non-hydrogen) atoms. The fourth-order valence-electron chi connectivity index (χ4n) is 4.06. The van der Waals surface area contributed by atoms with Crippen LogP contribution >= 0.6 is 0 Å². The van der Waals surface area contributed by atoms with Crippen molar-refractivity contribution < 1.29 is 4.74 Å². The molecule has 0 radical (unpaired) electrons. The van der Waals surface area contributed by atoms with Crippen LogP contribution in [0, 0.1) is 13.8 Å². The third-order valence-electron chi connectivity index (χ3n) is 5.59.